The van der Waals surface area contributed by atoms with Gasteiger partial charge in [-0.3, -0.25) is 0 Å². The number of carbonyl (C=O) groups is 1. The van der Waals surface area contributed by atoms with Crippen molar-refractivity contribution in [3.63, 3.8) is 0 Å². The van der Waals surface area contributed by atoms with Crippen molar-refractivity contribution >= 4 is 11.8 Å². The van der Waals surface area contributed by atoms with E-state index in [2.05, 4.69) is 4.98 Å². The number of pyridine rings is 1. The number of aliphatic hydroxyl groups is 1. The van der Waals surface area contributed by atoms with Crippen LogP contribution in [0.15, 0.2) is 6.07 Å². The summed E-state index contributed by atoms with van der Waals surface area (Å²) >= 11 is 0. The Bertz CT molecular complexity index is 404. The predicted molar refractivity (Wildman–Crippen MR) is 61.0 cm³/mol. The lowest BCUT2D eigenvalue weighted by Crippen LogP contribution is -2.25. The van der Waals surface area contributed by atoms with Crippen LogP contribution in [0.4, 0.5) is 5.82 Å². The van der Waals surface area contributed by atoms with Crippen molar-refractivity contribution in [3.05, 3.63) is 22.9 Å². The predicted octanol–water partition coefficient (Wildman–Crippen LogP) is 0.825. The summed E-state index contributed by atoms with van der Waals surface area (Å²) in [5.74, 6) is -0.594. The second kappa shape index (κ2) is 4.94. The number of hydrogen-bond donors (Lipinski definition) is 2. The van der Waals surface area contributed by atoms with E-state index in [1.165, 1.54) is 0 Å². The Morgan fingerprint density at radius 1 is 1.50 bits per heavy atom. The molecular weight excluding hydrogens is 208 g/mol. The van der Waals surface area contributed by atoms with E-state index < -0.39 is 5.97 Å². The lowest BCUT2D eigenvalue weighted by molar-refractivity contribution is 0.0696. The highest BCUT2D eigenvalue weighted by molar-refractivity contribution is 5.95. The molecule has 0 amide bonds. The Kier molecular flexibility index (Phi) is 3.84. The highest BCUT2D eigenvalue weighted by atomic mass is 16.4. The minimum Gasteiger partial charge on any atom is -0.478 e. The van der Waals surface area contributed by atoms with Crippen molar-refractivity contribution in [2.24, 2.45) is 0 Å². The SMILES string of the molecule is Cc1cc(C)c(C(=O)O)c(N(C)CCO)n1. The molecule has 1 aromatic rings. The van der Waals surface area contributed by atoms with Crippen molar-refractivity contribution in [1.82, 2.24) is 4.98 Å². The number of rotatable bonds is 4. The highest BCUT2D eigenvalue weighted by Gasteiger charge is 2.18. The lowest BCUT2D eigenvalue weighted by Gasteiger charge is -2.20. The van der Waals surface area contributed by atoms with Crippen LogP contribution < -0.4 is 4.90 Å². The molecule has 0 bridgehead atoms. The number of nitrogens with zero attached hydrogens (tertiary/aromatic N) is 2. The van der Waals surface area contributed by atoms with Gasteiger partial charge in [0.1, 0.15) is 11.4 Å². The minimum atomic E-state index is -0.996. The first-order valence-corrected chi connectivity index (χ1v) is 5.01. The van der Waals surface area contributed by atoms with Gasteiger partial charge in [-0.05, 0) is 25.5 Å². The van der Waals surface area contributed by atoms with Crippen LogP contribution in [0.1, 0.15) is 21.6 Å². The molecule has 0 aliphatic rings. The molecule has 1 aromatic heterocycles. The summed E-state index contributed by atoms with van der Waals surface area (Å²) in [6.45, 7) is 3.88. The van der Waals surface area contributed by atoms with Crippen molar-refractivity contribution in [3.8, 4) is 0 Å². The smallest absolute Gasteiger partial charge is 0.339 e. The average Bonchev–Trinajstić information content (AvgIpc) is 2.15. The number of carboxylic acids is 1. The van der Waals surface area contributed by atoms with E-state index in [1.807, 2.05) is 6.92 Å². The molecule has 5 nitrogen and oxygen atoms in total. The molecule has 0 radical (unpaired) electrons. The summed E-state index contributed by atoms with van der Waals surface area (Å²) in [6.07, 6.45) is 0. The number of aromatic carboxylic acids is 1. The number of carboxylic acid groups (broad SMARTS) is 1. The summed E-state index contributed by atoms with van der Waals surface area (Å²) < 4.78 is 0. The molecule has 0 atom stereocenters. The van der Waals surface area contributed by atoms with Gasteiger partial charge >= 0.3 is 5.97 Å². The van der Waals surface area contributed by atoms with Gasteiger partial charge < -0.3 is 15.1 Å². The van der Waals surface area contributed by atoms with Gasteiger partial charge in [0.15, 0.2) is 0 Å². The number of aryl methyl sites for hydroxylation is 2. The summed E-state index contributed by atoms with van der Waals surface area (Å²) in [4.78, 5) is 17.0. The van der Waals surface area contributed by atoms with Crippen LogP contribution in [-0.2, 0) is 0 Å². The quantitative estimate of drug-likeness (QED) is 0.792. The second-order valence-corrected chi connectivity index (χ2v) is 3.73. The molecule has 0 aliphatic heterocycles. The lowest BCUT2D eigenvalue weighted by atomic mass is 10.1. The van der Waals surface area contributed by atoms with E-state index in [0.29, 0.717) is 17.9 Å². The molecule has 0 saturated heterocycles. The Morgan fingerprint density at radius 3 is 2.62 bits per heavy atom. The van der Waals surface area contributed by atoms with Gasteiger partial charge in [-0.2, -0.15) is 0 Å². The fourth-order valence-corrected chi connectivity index (χ4v) is 1.61. The Labute approximate surface area is 94.4 Å². The van der Waals surface area contributed by atoms with Gasteiger partial charge in [-0.15, -0.1) is 0 Å². The van der Waals surface area contributed by atoms with Gasteiger partial charge in [0, 0.05) is 19.3 Å². The molecule has 0 spiro atoms. The van der Waals surface area contributed by atoms with Crippen LogP contribution in [0.2, 0.25) is 0 Å². The molecule has 0 saturated carbocycles. The maximum atomic E-state index is 11.1. The van der Waals surface area contributed by atoms with Crippen molar-refractivity contribution < 1.29 is 15.0 Å². The summed E-state index contributed by atoms with van der Waals surface area (Å²) in [5.41, 5.74) is 1.64. The summed E-state index contributed by atoms with van der Waals surface area (Å²) in [5, 5.41) is 18.0. The van der Waals surface area contributed by atoms with Gasteiger partial charge in [-0.1, -0.05) is 0 Å². The van der Waals surface area contributed by atoms with E-state index in [-0.39, 0.29) is 12.2 Å². The van der Waals surface area contributed by atoms with Crippen LogP contribution in [0, 0.1) is 13.8 Å². The van der Waals surface area contributed by atoms with Crippen molar-refractivity contribution in [2.75, 3.05) is 25.1 Å². The number of likely N-dealkylation sites (N-methyl/N-ethyl adjacent to an activating group) is 1. The third-order valence-electron chi connectivity index (χ3n) is 2.34. The Balaban J connectivity index is 3.29. The molecule has 0 fully saturated rings. The molecule has 0 aliphatic carbocycles. The first kappa shape index (κ1) is 12.4. The topological polar surface area (TPSA) is 73.7 Å². The van der Waals surface area contributed by atoms with Crippen LogP contribution in [0.5, 0.6) is 0 Å². The number of aromatic nitrogens is 1. The molecule has 5 heteroatoms. The summed E-state index contributed by atoms with van der Waals surface area (Å²) in [7, 11) is 1.71. The average molecular weight is 224 g/mol. The molecule has 0 aromatic carbocycles. The van der Waals surface area contributed by atoms with Gasteiger partial charge in [-0.25, -0.2) is 9.78 Å². The van der Waals surface area contributed by atoms with Crippen LogP contribution >= 0.6 is 0 Å². The fraction of sp³-hybridized carbons (Fsp3) is 0.455. The maximum absolute atomic E-state index is 11.1. The molecule has 16 heavy (non-hydrogen) atoms. The first-order chi connectivity index (χ1) is 7.47. The van der Waals surface area contributed by atoms with Gasteiger partial charge in [0.05, 0.1) is 6.61 Å². The number of aliphatic hydroxyl groups excluding tert-OH is 1. The van der Waals surface area contributed by atoms with E-state index in [9.17, 15) is 4.79 Å². The largest absolute Gasteiger partial charge is 0.478 e. The zero-order valence-corrected chi connectivity index (χ0v) is 9.69. The van der Waals surface area contributed by atoms with Crippen molar-refractivity contribution in [1.29, 1.82) is 0 Å². The Hall–Kier alpha value is -1.62. The number of hydrogen-bond acceptors (Lipinski definition) is 4. The van der Waals surface area contributed by atoms with E-state index in [4.69, 9.17) is 10.2 Å². The minimum absolute atomic E-state index is 0.0375. The van der Waals surface area contributed by atoms with Crippen LogP contribution in [0.25, 0.3) is 0 Å². The van der Waals surface area contributed by atoms with Gasteiger partial charge in [0.2, 0.25) is 0 Å². The molecule has 88 valence electrons. The monoisotopic (exact) mass is 224 g/mol. The standard InChI is InChI=1S/C11H16N2O3/c1-7-6-8(2)12-10(9(7)11(15)16)13(3)4-5-14/h6,14H,4-5H2,1-3H3,(H,15,16). The van der Waals surface area contributed by atoms with E-state index >= 15 is 0 Å². The summed E-state index contributed by atoms with van der Waals surface area (Å²) in [6, 6.07) is 1.74. The molecule has 1 rings (SSSR count). The molecule has 1 heterocycles. The van der Waals surface area contributed by atoms with Crippen LogP contribution in [-0.4, -0.2) is 41.4 Å². The third kappa shape index (κ3) is 2.49. The van der Waals surface area contributed by atoms with Gasteiger partial charge in [0.25, 0.3) is 0 Å². The zero-order valence-electron chi connectivity index (χ0n) is 9.69. The van der Waals surface area contributed by atoms with E-state index in [0.717, 1.165) is 5.69 Å². The normalized spacial score (nSPS) is 10.2. The maximum Gasteiger partial charge on any atom is 0.339 e. The molecule has 2 N–H and O–H groups in total. The van der Waals surface area contributed by atoms with Crippen LogP contribution in [0.3, 0.4) is 0 Å². The zero-order chi connectivity index (χ0) is 12.3. The fourth-order valence-electron chi connectivity index (χ4n) is 1.61. The second-order valence-electron chi connectivity index (χ2n) is 3.73. The number of anilines is 1. The molecule has 0 unspecified atom stereocenters. The third-order valence-corrected chi connectivity index (χ3v) is 2.34. The first-order valence-electron chi connectivity index (χ1n) is 5.01. The van der Waals surface area contributed by atoms with E-state index in [1.54, 1.807) is 24.9 Å². The van der Waals surface area contributed by atoms with Crippen molar-refractivity contribution in [2.45, 2.75) is 13.8 Å². The molecular formula is C11H16N2O3. The highest BCUT2D eigenvalue weighted by Crippen LogP contribution is 2.21. The Morgan fingerprint density at radius 2 is 2.12 bits per heavy atom.